The molecule has 0 spiro atoms. The lowest BCUT2D eigenvalue weighted by molar-refractivity contribution is 0.672. The van der Waals surface area contributed by atoms with E-state index in [4.69, 9.17) is 4.42 Å². The summed E-state index contributed by atoms with van der Waals surface area (Å²) in [7, 11) is 0. The summed E-state index contributed by atoms with van der Waals surface area (Å²) < 4.78 is 9.22. The van der Waals surface area contributed by atoms with E-state index in [0.29, 0.717) is 0 Å². The molecule has 0 aliphatic rings. The maximum atomic E-state index is 6.83. The first-order valence-corrected chi connectivity index (χ1v) is 23.7. The molecular weight excluding hydrogens is 837 g/mol. The largest absolute Gasteiger partial charge is 0.455 e. The third kappa shape index (κ3) is 6.36. The Hall–Kier alpha value is -9.18. The van der Waals surface area contributed by atoms with Crippen LogP contribution in [0.1, 0.15) is 0 Å². The number of furan rings is 1. The van der Waals surface area contributed by atoms with Gasteiger partial charge in [-0.1, -0.05) is 182 Å². The van der Waals surface area contributed by atoms with E-state index in [0.717, 1.165) is 83.3 Å². The zero-order valence-electron chi connectivity index (χ0n) is 37.6. The van der Waals surface area contributed by atoms with Gasteiger partial charge in [0.05, 0.1) is 27.8 Å². The molecule has 12 aromatic carbocycles. The van der Waals surface area contributed by atoms with E-state index in [2.05, 4.69) is 264 Å². The Morgan fingerprint density at radius 2 is 0.884 bits per heavy atom. The van der Waals surface area contributed by atoms with Crippen molar-refractivity contribution in [3.05, 3.63) is 255 Å². The minimum Gasteiger partial charge on any atom is -0.455 e. The van der Waals surface area contributed by atoms with Crippen molar-refractivity contribution in [2.24, 2.45) is 0 Å². The number of benzene rings is 12. The lowest BCUT2D eigenvalue weighted by atomic mass is 9.93. The smallest absolute Gasteiger partial charge is 0.143 e. The summed E-state index contributed by atoms with van der Waals surface area (Å²) in [6.07, 6.45) is 0. The molecule has 0 radical (unpaired) electrons. The maximum Gasteiger partial charge on any atom is 0.143 e. The summed E-state index contributed by atoms with van der Waals surface area (Å²) in [6, 6.07) is 92.6. The maximum absolute atomic E-state index is 6.83. The Balaban J connectivity index is 0.961. The van der Waals surface area contributed by atoms with Gasteiger partial charge >= 0.3 is 0 Å². The van der Waals surface area contributed by atoms with Crippen LogP contribution in [0, 0.1) is 0 Å². The standard InChI is InChI=1S/C66H42N2O/c1-2-14-44(15-3-1)59-42-50(49-31-30-47-29-28-45-16-4-6-20-53(45)58(47)41-49)35-39-62(59)67(63-26-13-27-64-65(63)57-38-34-46-17-5-7-21-54(46)66(57)69-64)51-36-32-43(33-37-51)48-18-12-19-52(40-48)68-60-24-10-8-22-55(60)56-23-9-11-25-61(56)68/h1-42H. The summed E-state index contributed by atoms with van der Waals surface area (Å²) in [5.41, 5.74) is 15.3. The van der Waals surface area contributed by atoms with Gasteiger partial charge in [0.15, 0.2) is 0 Å². The fraction of sp³-hybridized carbons (Fsp3) is 0. The Labute approximate surface area is 399 Å². The number of aromatic nitrogens is 1. The second-order valence-corrected chi connectivity index (χ2v) is 18.0. The zero-order chi connectivity index (χ0) is 45.4. The first-order chi connectivity index (χ1) is 34.2. The SMILES string of the molecule is c1ccc(-c2cc(-c3ccc4ccc5ccccc5c4c3)ccc2N(c2ccc(-c3cccc(-n4c5ccccc5c5ccccc54)c3)cc2)c2cccc3oc4c5ccccc5ccc4c23)cc1. The molecule has 2 aromatic heterocycles. The van der Waals surface area contributed by atoms with E-state index in [9.17, 15) is 0 Å². The van der Waals surface area contributed by atoms with Crippen LogP contribution in [0.3, 0.4) is 0 Å². The van der Waals surface area contributed by atoms with Gasteiger partial charge in [-0.3, -0.25) is 0 Å². The van der Waals surface area contributed by atoms with Crippen LogP contribution in [0.25, 0.3) is 115 Å². The Morgan fingerprint density at radius 1 is 0.319 bits per heavy atom. The molecule has 0 saturated carbocycles. The van der Waals surface area contributed by atoms with Crippen LogP contribution in [-0.4, -0.2) is 4.57 Å². The molecule has 14 aromatic rings. The van der Waals surface area contributed by atoms with Crippen LogP contribution in [0.2, 0.25) is 0 Å². The number of anilines is 3. The van der Waals surface area contributed by atoms with Gasteiger partial charge in [-0.15, -0.1) is 0 Å². The van der Waals surface area contributed by atoms with E-state index in [-0.39, 0.29) is 0 Å². The normalized spacial score (nSPS) is 11.8. The van der Waals surface area contributed by atoms with Crippen molar-refractivity contribution < 1.29 is 4.42 Å². The van der Waals surface area contributed by atoms with Gasteiger partial charge in [0.1, 0.15) is 11.2 Å². The molecule has 0 amide bonds. The van der Waals surface area contributed by atoms with Crippen molar-refractivity contribution in [2.75, 3.05) is 4.90 Å². The van der Waals surface area contributed by atoms with E-state index >= 15 is 0 Å². The number of rotatable bonds is 7. The third-order valence-electron chi connectivity index (χ3n) is 14.2. The Morgan fingerprint density at radius 3 is 1.67 bits per heavy atom. The lowest BCUT2D eigenvalue weighted by Gasteiger charge is -2.29. The van der Waals surface area contributed by atoms with Gasteiger partial charge in [-0.05, 0) is 128 Å². The molecule has 0 aliphatic heterocycles. The fourth-order valence-electron chi connectivity index (χ4n) is 10.9. The van der Waals surface area contributed by atoms with Gasteiger partial charge in [-0.2, -0.15) is 0 Å². The molecule has 0 aliphatic carbocycles. The van der Waals surface area contributed by atoms with Gasteiger partial charge in [0.2, 0.25) is 0 Å². The van der Waals surface area contributed by atoms with Crippen LogP contribution in [-0.2, 0) is 0 Å². The van der Waals surface area contributed by atoms with Gasteiger partial charge < -0.3 is 13.9 Å². The van der Waals surface area contributed by atoms with Crippen LogP contribution in [0.4, 0.5) is 17.1 Å². The lowest BCUT2D eigenvalue weighted by Crippen LogP contribution is -2.12. The van der Waals surface area contributed by atoms with Crippen LogP contribution in [0.5, 0.6) is 0 Å². The highest BCUT2D eigenvalue weighted by atomic mass is 16.3. The number of hydrogen-bond donors (Lipinski definition) is 0. The van der Waals surface area contributed by atoms with E-state index in [1.807, 2.05) is 0 Å². The van der Waals surface area contributed by atoms with Gasteiger partial charge in [0.25, 0.3) is 0 Å². The van der Waals surface area contributed by atoms with Crippen molar-refractivity contribution in [2.45, 2.75) is 0 Å². The molecule has 0 unspecified atom stereocenters. The average Bonchev–Trinajstić information content (AvgIpc) is 3.98. The molecule has 3 heteroatoms. The van der Waals surface area contributed by atoms with Crippen molar-refractivity contribution in [3.63, 3.8) is 0 Å². The van der Waals surface area contributed by atoms with E-state index in [1.54, 1.807) is 0 Å². The summed E-state index contributed by atoms with van der Waals surface area (Å²) in [6.45, 7) is 0. The van der Waals surface area contributed by atoms with Crippen molar-refractivity contribution in [3.8, 4) is 39.1 Å². The summed E-state index contributed by atoms with van der Waals surface area (Å²) >= 11 is 0. The topological polar surface area (TPSA) is 21.3 Å². The molecule has 0 fully saturated rings. The molecule has 3 nitrogen and oxygen atoms in total. The highest BCUT2D eigenvalue weighted by Crippen LogP contribution is 2.48. The first-order valence-electron chi connectivity index (χ1n) is 23.7. The summed E-state index contributed by atoms with van der Waals surface area (Å²) in [5, 5.41) is 11.9. The van der Waals surface area contributed by atoms with Crippen molar-refractivity contribution in [1.82, 2.24) is 4.57 Å². The highest BCUT2D eigenvalue weighted by Gasteiger charge is 2.24. The number of para-hydroxylation sites is 2. The van der Waals surface area contributed by atoms with Gasteiger partial charge in [-0.25, -0.2) is 0 Å². The molecule has 0 N–H and O–H groups in total. The average molecular weight is 879 g/mol. The molecule has 322 valence electrons. The van der Waals surface area contributed by atoms with Crippen molar-refractivity contribution in [1.29, 1.82) is 0 Å². The molecule has 69 heavy (non-hydrogen) atoms. The molecular formula is C66H42N2O. The number of hydrogen-bond acceptors (Lipinski definition) is 2. The minimum atomic E-state index is 0.851. The van der Waals surface area contributed by atoms with Crippen LogP contribution in [0.15, 0.2) is 259 Å². The molecule has 14 rings (SSSR count). The zero-order valence-corrected chi connectivity index (χ0v) is 37.6. The Bertz CT molecular complexity index is 4260. The fourth-order valence-corrected chi connectivity index (χ4v) is 10.9. The first kappa shape index (κ1) is 39.0. The second-order valence-electron chi connectivity index (χ2n) is 18.0. The van der Waals surface area contributed by atoms with Crippen LogP contribution < -0.4 is 4.90 Å². The quantitative estimate of drug-likeness (QED) is 0.149. The number of fused-ring (bicyclic) bond motifs is 11. The van der Waals surface area contributed by atoms with E-state index < -0.39 is 0 Å². The second kappa shape index (κ2) is 15.7. The third-order valence-corrected chi connectivity index (χ3v) is 14.2. The predicted octanol–water partition coefficient (Wildman–Crippen LogP) is 18.6. The summed E-state index contributed by atoms with van der Waals surface area (Å²) in [4.78, 5) is 2.44. The van der Waals surface area contributed by atoms with E-state index in [1.165, 1.54) is 48.9 Å². The van der Waals surface area contributed by atoms with Crippen molar-refractivity contribution >= 4 is 93.1 Å². The number of nitrogens with zero attached hydrogens (tertiary/aromatic N) is 2. The van der Waals surface area contributed by atoms with Gasteiger partial charge in [0, 0.05) is 38.5 Å². The monoisotopic (exact) mass is 878 g/mol. The minimum absolute atomic E-state index is 0.851. The Kier molecular flexibility index (Phi) is 8.90. The summed E-state index contributed by atoms with van der Waals surface area (Å²) in [5.74, 6) is 0. The molecule has 2 heterocycles. The molecule has 0 bridgehead atoms. The highest BCUT2D eigenvalue weighted by molar-refractivity contribution is 6.20. The molecule has 0 saturated heterocycles. The predicted molar refractivity (Wildman–Crippen MR) is 292 cm³/mol. The van der Waals surface area contributed by atoms with Crippen LogP contribution >= 0.6 is 0 Å². The molecule has 0 atom stereocenters.